The number of rotatable bonds is 10. The number of hydrogen-bond donors (Lipinski definition) is 5. The Bertz CT molecular complexity index is 1850. The summed E-state index contributed by atoms with van der Waals surface area (Å²) in [7, 11) is 3.29. The van der Waals surface area contributed by atoms with Gasteiger partial charge in [-0.05, 0) is 43.3 Å². The van der Waals surface area contributed by atoms with Gasteiger partial charge in [-0.25, -0.2) is 9.97 Å². The number of aryl methyl sites for hydroxylation is 1. The maximum absolute atomic E-state index is 12.7. The van der Waals surface area contributed by atoms with Gasteiger partial charge in [0.05, 0.1) is 17.7 Å². The Hall–Kier alpha value is -5.99. The van der Waals surface area contributed by atoms with Crippen LogP contribution in [0.15, 0.2) is 55.0 Å². The number of ether oxygens (including phenoxy) is 2. The number of anilines is 1. The first kappa shape index (κ1) is 28.5. The molecule has 8 N–H and O–H groups in total. The molecule has 2 aromatic carbocycles. The highest BCUT2D eigenvalue weighted by atomic mass is 16.5. The second-order valence-corrected chi connectivity index (χ2v) is 9.79. The molecule has 5 rings (SSSR count). The summed E-state index contributed by atoms with van der Waals surface area (Å²) >= 11 is 0. The number of nitrogens with zero attached hydrogens (tertiary/aromatic N) is 6. The fourth-order valence-electron chi connectivity index (χ4n) is 4.40. The second kappa shape index (κ2) is 11.5. The van der Waals surface area contributed by atoms with Crippen LogP contribution >= 0.6 is 0 Å². The fraction of sp³-hybridized carbons (Fsp3) is 0.179. The van der Waals surface area contributed by atoms with E-state index in [9.17, 15) is 9.59 Å². The lowest BCUT2D eigenvalue weighted by Crippen LogP contribution is -2.29. The molecule has 0 radical (unpaired) electrons. The Labute approximate surface area is 245 Å². The minimum atomic E-state index is -0.920. The molecule has 15 heteroatoms. The number of H-pyrrole nitrogens is 1. The molecule has 0 aliphatic heterocycles. The molecule has 3 aromatic heterocycles. The van der Waals surface area contributed by atoms with Gasteiger partial charge in [0, 0.05) is 37.8 Å². The number of fused-ring (bicyclic) bond motifs is 1. The van der Waals surface area contributed by atoms with Gasteiger partial charge in [0.25, 0.3) is 11.8 Å². The van der Waals surface area contributed by atoms with Crippen LogP contribution in [0.3, 0.4) is 0 Å². The Morgan fingerprint density at radius 3 is 2.53 bits per heavy atom. The van der Waals surface area contributed by atoms with Crippen molar-refractivity contribution in [3.63, 3.8) is 0 Å². The van der Waals surface area contributed by atoms with E-state index in [-0.39, 0.29) is 52.7 Å². The predicted molar refractivity (Wildman–Crippen MR) is 157 cm³/mol. The van der Waals surface area contributed by atoms with E-state index < -0.39 is 11.9 Å². The van der Waals surface area contributed by atoms with Gasteiger partial charge in [0.2, 0.25) is 5.91 Å². The van der Waals surface area contributed by atoms with E-state index in [2.05, 4.69) is 24.9 Å². The van der Waals surface area contributed by atoms with Gasteiger partial charge >= 0.3 is 6.01 Å². The minimum Gasteiger partial charge on any atom is -0.437 e. The molecule has 0 saturated carbocycles. The van der Waals surface area contributed by atoms with Gasteiger partial charge in [-0.15, -0.1) is 0 Å². The number of primary amides is 1. The fourth-order valence-corrected chi connectivity index (χ4v) is 4.40. The number of amides is 2. The Morgan fingerprint density at radius 2 is 1.86 bits per heavy atom. The normalized spacial score (nSPS) is 11.7. The monoisotopic (exact) mass is 583 g/mol. The quantitative estimate of drug-likeness (QED) is 0.0914. The topological polar surface area (TPSA) is 230 Å². The van der Waals surface area contributed by atoms with E-state index >= 15 is 0 Å². The van der Waals surface area contributed by atoms with Crippen LogP contribution in [0.5, 0.6) is 23.4 Å². The third kappa shape index (κ3) is 5.90. The molecule has 1 unspecified atom stereocenters. The minimum absolute atomic E-state index is 0.0133. The number of hydrogen-bond acceptors (Lipinski definition) is 10. The highest BCUT2D eigenvalue weighted by molar-refractivity contribution is 5.96. The van der Waals surface area contributed by atoms with E-state index in [4.69, 9.17) is 32.1 Å². The zero-order valence-corrected chi connectivity index (χ0v) is 23.5. The first-order valence-corrected chi connectivity index (χ1v) is 13.0. The number of carbonyl (C=O) groups is 2. The molecule has 0 aliphatic rings. The maximum Gasteiger partial charge on any atom is 0.327 e. The molecule has 0 aliphatic carbocycles. The third-order valence-electron chi connectivity index (χ3n) is 6.49. The van der Waals surface area contributed by atoms with Crippen LogP contribution in [0, 0.1) is 12.3 Å². The summed E-state index contributed by atoms with van der Waals surface area (Å²) < 4.78 is 13.7. The van der Waals surface area contributed by atoms with Crippen LogP contribution in [0.1, 0.15) is 33.5 Å². The molecule has 5 aromatic rings. The molecule has 2 amide bonds. The Morgan fingerprint density at radius 1 is 1.07 bits per heavy atom. The van der Waals surface area contributed by atoms with Crippen molar-refractivity contribution in [3.8, 4) is 23.4 Å². The van der Waals surface area contributed by atoms with Crippen molar-refractivity contribution in [2.45, 2.75) is 19.4 Å². The van der Waals surface area contributed by atoms with Gasteiger partial charge in [-0.3, -0.25) is 19.6 Å². The van der Waals surface area contributed by atoms with E-state index in [1.807, 2.05) is 0 Å². The van der Waals surface area contributed by atoms with Crippen molar-refractivity contribution in [1.82, 2.24) is 34.4 Å². The standard InChI is InChI=1S/C28H29N11O4/c1-14-35-22-25(39(14)20(24(32)40)11-17-12-33-13-34-17)36-28(43-21-10-15(23(30)31)7-8-19(21)29)37-26(22)42-18-6-4-5-16(9-18)27(41)38(2)3/h4-10,12-13,20H,11,29H2,1-3H3,(H3,30,31)(H2,32,40)(H,33,34). The van der Waals surface area contributed by atoms with Crippen LogP contribution in [-0.2, 0) is 11.2 Å². The molecule has 220 valence electrons. The van der Waals surface area contributed by atoms with Gasteiger partial charge in [-0.1, -0.05) is 6.07 Å². The molecular weight excluding hydrogens is 554 g/mol. The number of amidine groups is 1. The van der Waals surface area contributed by atoms with Crippen molar-refractivity contribution in [2.75, 3.05) is 19.8 Å². The molecule has 0 fully saturated rings. The van der Waals surface area contributed by atoms with E-state index in [1.54, 1.807) is 62.1 Å². The third-order valence-corrected chi connectivity index (χ3v) is 6.49. The summed E-state index contributed by atoms with van der Waals surface area (Å²) in [4.78, 5) is 47.4. The first-order valence-electron chi connectivity index (χ1n) is 13.0. The molecule has 3 heterocycles. The molecule has 0 bridgehead atoms. The highest BCUT2D eigenvalue weighted by Gasteiger charge is 2.28. The molecular formula is C28H29N11O4. The predicted octanol–water partition coefficient (Wildman–Crippen LogP) is 2.28. The van der Waals surface area contributed by atoms with E-state index in [0.717, 1.165) is 0 Å². The smallest absolute Gasteiger partial charge is 0.327 e. The lowest BCUT2D eigenvalue weighted by atomic mass is 10.1. The number of imidazole rings is 2. The Kier molecular flexibility index (Phi) is 7.62. The summed E-state index contributed by atoms with van der Waals surface area (Å²) in [6, 6.07) is 10.0. The average molecular weight is 584 g/mol. The van der Waals surface area contributed by atoms with Crippen molar-refractivity contribution < 1.29 is 19.1 Å². The SMILES string of the molecule is Cc1nc2c(Oc3cccc(C(=O)N(C)C)c3)nc(Oc3cc(C(=N)N)ccc3N)nc2n1C(Cc1c[nH]cn1)C(N)=O. The lowest BCUT2D eigenvalue weighted by molar-refractivity contribution is -0.121. The van der Waals surface area contributed by atoms with Crippen LogP contribution in [0.25, 0.3) is 11.2 Å². The Balaban J connectivity index is 1.66. The largest absolute Gasteiger partial charge is 0.437 e. The molecule has 1 atom stereocenters. The summed E-state index contributed by atoms with van der Waals surface area (Å²) in [5.74, 6) is -0.211. The van der Waals surface area contributed by atoms with E-state index in [0.29, 0.717) is 28.4 Å². The zero-order valence-electron chi connectivity index (χ0n) is 23.5. The average Bonchev–Trinajstić information content (AvgIpc) is 3.59. The maximum atomic E-state index is 12.7. The number of aromatic nitrogens is 6. The summed E-state index contributed by atoms with van der Waals surface area (Å²) in [5.41, 5.74) is 19.6. The van der Waals surface area contributed by atoms with Gasteiger partial charge < -0.3 is 36.6 Å². The number of nitrogens with one attached hydrogen (secondary N) is 2. The number of nitrogens with two attached hydrogens (primary N) is 3. The molecule has 0 spiro atoms. The molecule has 15 nitrogen and oxygen atoms in total. The number of benzene rings is 2. The lowest BCUT2D eigenvalue weighted by Gasteiger charge is -2.17. The first-order chi connectivity index (χ1) is 20.5. The van der Waals surface area contributed by atoms with Crippen LogP contribution in [0.2, 0.25) is 0 Å². The number of aromatic amines is 1. The summed E-state index contributed by atoms with van der Waals surface area (Å²) in [5, 5.41) is 7.76. The van der Waals surface area contributed by atoms with Gasteiger partial charge in [-0.2, -0.15) is 9.97 Å². The summed E-state index contributed by atoms with van der Waals surface area (Å²) in [6.45, 7) is 1.69. The van der Waals surface area contributed by atoms with Gasteiger partial charge in [0.1, 0.15) is 23.5 Å². The van der Waals surface area contributed by atoms with Crippen LogP contribution in [0.4, 0.5) is 5.69 Å². The van der Waals surface area contributed by atoms with Crippen molar-refractivity contribution in [2.24, 2.45) is 11.5 Å². The van der Waals surface area contributed by atoms with Crippen molar-refractivity contribution in [1.29, 1.82) is 5.41 Å². The molecule has 0 saturated heterocycles. The summed E-state index contributed by atoms with van der Waals surface area (Å²) in [6.07, 6.45) is 3.32. The van der Waals surface area contributed by atoms with Crippen LogP contribution < -0.4 is 26.7 Å². The highest BCUT2D eigenvalue weighted by Crippen LogP contribution is 2.34. The number of carbonyl (C=O) groups excluding carboxylic acids is 2. The van der Waals surface area contributed by atoms with Crippen molar-refractivity contribution >= 4 is 34.5 Å². The van der Waals surface area contributed by atoms with Crippen molar-refractivity contribution in [3.05, 3.63) is 77.6 Å². The van der Waals surface area contributed by atoms with E-state index in [1.165, 1.54) is 23.4 Å². The molecule has 43 heavy (non-hydrogen) atoms. The van der Waals surface area contributed by atoms with Crippen LogP contribution in [-0.4, -0.2) is 66.1 Å². The number of nitrogen functional groups attached to an aromatic ring is 2. The zero-order chi connectivity index (χ0) is 30.8. The second-order valence-electron chi connectivity index (χ2n) is 9.79. The van der Waals surface area contributed by atoms with Gasteiger partial charge in [0.15, 0.2) is 16.9 Å².